The molecule has 0 bridgehead atoms. The molecule has 2 fully saturated rings. The van der Waals surface area contributed by atoms with Gasteiger partial charge in [0.2, 0.25) is 5.91 Å². The Bertz CT molecular complexity index is 362. The van der Waals surface area contributed by atoms with Crippen molar-refractivity contribution < 1.29 is 14.3 Å². The molecule has 114 valence electrons. The largest absolute Gasteiger partial charge is 0.450 e. The number of rotatable bonds is 3. The zero-order chi connectivity index (χ0) is 14.5. The first-order valence-electron chi connectivity index (χ1n) is 7.57. The number of ether oxygens (including phenoxy) is 1. The third-order valence-corrected chi connectivity index (χ3v) is 4.17. The lowest BCUT2D eigenvalue weighted by molar-refractivity contribution is -0.137. The Morgan fingerprint density at radius 1 is 1.40 bits per heavy atom. The quantitative estimate of drug-likeness (QED) is 0.801. The molecular weight excluding hydrogens is 258 g/mol. The number of nitrogens with zero attached hydrogens (tertiary/aromatic N) is 1. The van der Waals surface area contributed by atoms with Crippen LogP contribution in [0.25, 0.3) is 0 Å². The Morgan fingerprint density at radius 2 is 2.20 bits per heavy atom. The van der Waals surface area contributed by atoms with Crippen LogP contribution in [0, 0.1) is 5.92 Å². The van der Waals surface area contributed by atoms with E-state index in [0.717, 1.165) is 32.4 Å². The topological polar surface area (TPSA) is 70.7 Å². The van der Waals surface area contributed by atoms with E-state index in [-0.39, 0.29) is 30.0 Å². The highest BCUT2D eigenvalue weighted by Gasteiger charge is 2.34. The highest BCUT2D eigenvalue weighted by molar-refractivity contribution is 5.80. The second-order valence-electron chi connectivity index (χ2n) is 5.63. The summed E-state index contributed by atoms with van der Waals surface area (Å²) in [5.74, 6) is 0.300. The molecular formula is C14H25N3O3. The van der Waals surface area contributed by atoms with Gasteiger partial charge in [-0.1, -0.05) is 0 Å². The van der Waals surface area contributed by atoms with Gasteiger partial charge in [-0.3, -0.25) is 4.79 Å². The normalized spacial score (nSPS) is 30.1. The van der Waals surface area contributed by atoms with Crippen molar-refractivity contribution in [2.75, 3.05) is 26.2 Å². The molecule has 2 aliphatic heterocycles. The van der Waals surface area contributed by atoms with Gasteiger partial charge in [0.25, 0.3) is 0 Å². The summed E-state index contributed by atoms with van der Waals surface area (Å²) in [5.41, 5.74) is 0. The van der Waals surface area contributed by atoms with Crippen molar-refractivity contribution >= 4 is 12.0 Å². The number of hydrogen-bond donors (Lipinski definition) is 2. The maximum atomic E-state index is 12.5. The average Bonchev–Trinajstić information content (AvgIpc) is 2.84. The summed E-state index contributed by atoms with van der Waals surface area (Å²) in [6.07, 6.45) is 2.35. The molecule has 0 aromatic carbocycles. The number of piperidine rings is 1. The maximum Gasteiger partial charge on any atom is 0.407 e. The summed E-state index contributed by atoms with van der Waals surface area (Å²) in [6, 6.07) is 0.261. The summed E-state index contributed by atoms with van der Waals surface area (Å²) < 4.78 is 4.89. The molecule has 2 rings (SSSR count). The zero-order valence-corrected chi connectivity index (χ0v) is 12.4. The minimum Gasteiger partial charge on any atom is -0.450 e. The third-order valence-electron chi connectivity index (χ3n) is 4.17. The van der Waals surface area contributed by atoms with Crippen molar-refractivity contribution in [3.8, 4) is 0 Å². The van der Waals surface area contributed by atoms with Crippen LogP contribution in [-0.4, -0.2) is 55.2 Å². The molecule has 0 aromatic heterocycles. The number of hydrogen-bond acceptors (Lipinski definition) is 4. The Morgan fingerprint density at radius 3 is 2.85 bits per heavy atom. The molecule has 2 heterocycles. The second kappa shape index (κ2) is 6.92. The van der Waals surface area contributed by atoms with E-state index in [0.29, 0.717) is 13.2 Å². The fraction of sp³-hybridized carbons (Fsp3) is 0.857. The molecule has 0 aliphatic carbocycles. The van der Waals surface area contributed by atoms with Crippen molar-refractivity contribution in [2.45, 2.75) is 45.2 Å². The van der Waals surface area contributed by atoms with E-state index in [1.165, 1.54) is 0 Å². The van der Waals surface area contributed by atoms with Crippen molar-refractivity contribution in [2.24, 2.45) is 5.92 Å². The molecule has 20 heavy (non-hydrogen) atoms. The van der Waals surface area contributed by atoms with Crippen molar-refractivity contribution in [3.05, 3.63) is 0 Å². The molecule has 2 N–H and O–H groups in total. The first-order chi connectivity index (χ1) is 9.61. The van der Waals surface area contributed by atoms with Crippen LogP contribution in [0.4, 0.5) is 4.79 Å². The molecule has 3 unspecified atom stereocenters. The molecule has 0 aromatic rings. The zero-order valence-electron chi connectivity index (χ0n) is 12.4. The SMILES string of the molecule is CCOC(=O)NC1CCCN(C(=O)C2CCNC2C)C1. The maximum absolute atomic E-state index is 12.5. The van der Waals surface area contributed by atoms with Gasteiger partial charge in [-0.2, -0.15) is 0 Å². The molecule has 0 saturated carbocycles. The van der Waals surface area contributed by atoms with Gasteiger partial charge in [0.1, 0.15) is 0 Å². The number of nitrogens with one attached hydrogen (secondary N) is 2. The number of likely N-dealkylation sites (tertiary alicyclic amines) is 1. The van der Waals surface area contributed by atoms with E-state index in [2.05, 4.69) is 17.6 Å². The standard InChI is InChI=1S/C14H25N3O3/c1-3-20-14(19)16-11-5-4-8-17(9-11)13(18)12-6-7-15-10(12)2/h10-12,15H,3-9H2,1-2H3,(H,16,19). The van der Waals surface area contributed by atoms with Gasteiger partial charge < -0.3 is 20.3 Å². The fourth-order valence-corrected chi connectivity index (χ4v) is 3.07. The lowest BCUT2D eigenvalue weighted by atomic mass is 9.97. The highest BCUT2D eigenvalue weighted by atomic mass is 16.5. The van der Waals surface area contributed by atoms with E-state index in [9.17, 15) is 9.59 Å². The van der Waals surface area contributed by atoms with E-state index >= 15 is 0 Å². The summed E-state index contributed by atoms with van der Waals surface area (Å²) in [6.45, 7) is 6.52. The predicted octanol–water partition coefficient (Wildman–Crippen LogP) is 0.722. The first kappa shape index (κ1) is 15.1. The van der Waals surface area contributed by atoms with Crippen LogP contribution < -0.4 is 10.6 Å². The van der Waals surface area contributed by atoms with Crippen molar-refractivity contribution in [3.63, 3.8) is 0 Å². The number of carbonyl (C=O) groups excluding carboxylic acids is 2. The summed E-state index contributed by atoms with van der Waals surface area (Å²) in [5, 5.41) is 6.15. The molecule has 0 spiro atoms. The molecule has 6 nitrogen and oxygen atoms in total. The van der Waals surface area contributed by atoms with E-state index in [4.69, 9.17) is 4.74 Å². The fourth-order valence-electron chi connectivity index (χ4n) is 3.07. The van der Waals surface area contributed by atoms with Crippen molar-refractivity contribution in [1.82, 2.24) is 15.5 Å². The van der Waals surface area contributed by atoms with Gasteiger partial charge in [-0.15, -0.1) is 0 Å². The first-order valence-corrected chi connectivity index (χ1v) is 7.57. The van der Waals surface area contributed by atoms with Gasteiger partial charge in [-0.25, -0.2) is 4.79 Å². The lowest BCUT2D eigenvalue weighted by Crippen LogP contribution is -2.52. The van der Waals surface area contributed by atoms with Crippen molar-refractivity contribution in [1.29, 1.82) is 0 Å². The van der Waals surface area contributed by atoms with Crippen LogP contribution in [0.1, 0.15) is 33.1 Å². The summed E-state index contributed by atoms with van der Waals surface area (Å²) in [4.78, 5) is 25.9. The third kappa shape index (κ3) is 3.62. The van der Waals surface area contributed by atoms with Gasteiger partial charge in [-0.05, 0) is 39.7 Å². The van der Waals surface area contributed by atoms with Gasteiger partial charge >= 0.3 is 6.09 Å². The van der Waals surface area contributed by atoms with Gasteiger partial charge in [0.05, 0.1) is 12.5 Å². The number of amides is 2. The average molecular weight is 283 g/mol. The van der Waals surface area contributed by atoms with E-state index in [1.54, 1.807) is 6.92 Å². The Labute approximate surface area is 120 Å². The van der Waals surface area contributed by atoms with E-state index < -0.39 is 0 Å². The minimum absolute atomic E-state index is 0.0106. The van der Waals surface area contributed by atoms with Crippen LogP contribution >= 0.6 is 0 Å². The molecule has 2 amide bonds. The van der Waals surface area contributed by atoms with Crippen LogP contribution in [0.5, 0.6) is 0 Å². The predicted molar refractivity (Wildman–Crippen MR) is 75.3 cm³/mol. The van der Waals surface area contributed by atoms with Gasteiger partial charge in [0, 0.05) is 25.2 Å². The van der Waals surface area contributed by atoms with Crippen LogP contribution in [0.15, 0.2) is 0 Å². The number of alkyl carbamates (subject to hydrolysis) is 1. The summed E-state index contributed by atoms with van der Waals surface area (Å²) >= 11 is 0. The Kier molecular flexibility index (Phi) is 5.23. The Balaban J connectivity index is 1.86. The number of carbonyl (C=O) groups is 2. The van der Waals surface area contributed by atoms with Crippen LogP contribution in [0.3, 0.4) is 0 Å². The van der Waals surface area contributed by atoms with E-state index in [1.807, 2.05) is 4.90 Å². The smallest absolute Gasteiger partial charge is 0.407 e. The summed E-state index contributed by atoms with van der Waals surface area (Å²) in [7, 11) is 0. The molecule has 6 heteroatoms. The second-order valence-corrected chi connectivity index (χ2v) is 5.63. The molecule has 3 atom stereocenters. The molecule has 2 aliphatic rings. The van der Waals surface area contributed by atoms with Crippen LogP contribution in [-0.2, 0) is 9.53 Å². The highest BCUT2D eigenvalue weighted by Crippen LogP contribution is 2.21. The molecule has 0 radical (unpaired) electrons. The monoisotopic (exact) mass is 283 g/mol. The Hall–Kier alpha value is -1.30. The minimum atomic E-state index is -0.386. The molecule has 2 saturated heterocycles. The lowest BCUT2D eigenvalue weighted by Gasteiger charge is -2.35. The van der Waals surface area contributed by atoms with Gasteiger partial charge in [0.15, 0.2) is 0 Å². The van der Waals surface area contributed by atoms with Crippen LogP contribution in [0.2, 0.25) is 0 Å².